The molecule has 0 aliphatic carbocycles. The fourth-order valence-electron chi connectivity index (χ4n) is 2.68. The minimum Gasteiger partial charge on any atom is 0 e. The van der Waals surface area contributed by atoms with Crippen LogP contribution in [0, 0.1) is 18.6 Å². The van der Waals surface area contributed by atoms with Crippen LogP contribution in [0.5, 0.6) is 23.0 Å². The molecule has 0 atom stereocenters. The van der Waals surface area contributed by atoms with Gasteiger partial charge in [0.15, 0.2) is 0 Å². The zero-order chi connectivity index (χ0) is 31.0. The monoisotopic (exact) mass is 868 g/mol. The van der Waals surface area contributed by atoms with Crippen LogP contribution in [0.15, 0.2) is 93.9 Å². The van der Waals surface area contributed by atoms with E-state index in [2.05, 4.69) is 65.5 Å². The molecule has 0 aliphatic rings. The summed E-state index contributed by atoms with van der Waals surface area (Å²) in [5.74, 6) is 2.19. The van der Waals surface area contributed by atoms with Gasteiger partial charge in [0.1, 0.15) is 34.6 Å². The van der Waals surface area contributed by atoms with Gasteiger partial charge in [0.25, 0.3) is 3.25 Å². The Hall–Kier alpha value is -0.975. The van der Waals surface area contributed by atoms with Gasteiger partial charge in [-0.25, -0.2) is 8.78 Å². The number of nitrogens with two attached hydrogens (primary N) is 1. The van der Waals surface area contributed by atoms with Crippen molar-refractivity contribution in [2.24, 2.45) is 5.64 Å². The Balaban J connectivity index is 0. The van der Waals surface area contributed by atoms with Crippen molar-refractivity contribution in [2.45, 2.75) is 22.9 Å². The quantitative estimate of drug-likeness (QED) is 0.160. The van der Waals surface area contributed by atoms with Crippen molar-refractivity contribution < 1.29 is 19.7 Å². The summed E-state index contributed by atoms with van der Waals surface area (Å²) >= 11 is 33.6. The van der Waals surface area contributed by atoms with Crippen molar-refractivity contribution >= 4 is 113 Å². The molecule has 0 aromatic heterocycles. The fourth-order valence-corrected chi connectivity index (χ4v) is 4.15. The van der Waals surface area contributed by atoms with Crippen LogP contribution < -0.4 is 15.1 Å². The summed E-state index contributed by atoms with van der Waals surface area (Å²) in [6.07, 6.45) is 1.08. The molecule has 0 aliphatic heterocycles. The van der Waals surface area contributed by atoms with Crippen molar-refractivity contribution in [1.29, 1.82) is 0 Å². The van der Waals surface area contributed by atoms with E-state index in [9.17, 15) is 8.78 Å². The van der Waals surface area contributed by atoms with Gasteiger partial charge in [-0.1, -0.05) is 102 Å². The van der Waals surface area contributed by atoms with E-state index in [1.165, 1.54) is 24.3 Å². The summed E-state index contributed by atoms with van der Waals surface area (Å²) in [6.45, 7) is 1.99. The molecule has 0 radical (unpaired) electrons. The second-order valence-electron chi connectivity index (χ2n) is 7.47. The molecule has 228 valence electrons. The fraction of sp³-hybridized carbons (Fsp3) is 0.143. The number of ether oxygens (including phenoxy) is 2. The van der Waals surface area contributed by atoms with Gasteiger partial charge in [-0.2, -0.15) is 0 Å². The smallest absolute Gasteiger partial charge is 0 e. The van der Waals surface area contributed by atoms with Crippen molar-refractivity contribution in [3.05, 3.63) is 117 Å². The number of benzene rings is 4. The molecule has 0 spiro atoms. The molecule has 0 bridgehead atoms. The largest absolute Gasteiger partial charge is 0 e. The minimum atomic E-state index is -1.61. The summed E-state index contributed by atoms with van der Waals surface area (Å²) in [6, 6.07) is 23.3. The number of rotatable bonds is 5. The Labute approximate surface area is 298 Å². The summed E-state index contributed by atoms with van der Waals surface area (Å²) < 4.78 is 37.1. The van der Waals surface area contributed by atoms with Gasteiger partial charge in [-0.15, -0.1) is 0 Å². The molecule has 14 heteroatoms. The third kappa shape index (κ3) is 18.6. The second-order valence-corrected chi connectivity index (χ2v) is 13.4. The molecule has 42 heavy (non-hydrogen) atoms. The van der Waals surface area contributed by atoms with E-state index >= 15 is 0 Å². The van der Waals surface area contributed by atoms with Gasteiger partial charge in [0, 0.05) is 15.7 Å². The minimum absolute atomic E-state index is 0. The van der Waals surface area contributed by atoms with Gasteiger partial charge in [0.2, 0.25) is 0 Å². The zero-order valence-electron chi connectivity index (χ0n) is 21.1. The molecule has 0 amide bonds. The number of hydrogen-bond donors (Lipinski definition) is 1. The Bertz CT molecular complexity index is 1370. The van der Waals surface area contributed by atoms with Crippen LogP contribution in [0.25, 0.3) is 0 Å². The molecule has 4 aromatic carbocycles. The summed E-state index contributed by atoms with van der Waals surface area (Å²) in [5.41, 5.74) is 6.74. The predicted octanol–water partition coefficient (Wildman–Crippen LogP) is 13.1. The standard InChI is InChI=1S/C13H9Br2FO.C13H10BrFO.CCl4.CH4.BH2NS.H2/c14-8-9-7-12(5-6-13(9)15)17-11-3-1-10(16)2-4-11;1-9-8-12(6-7-13(9)14)16-11-4-2-10(15)3-5-11;2-1(3,4)5;;2-1-3;/h1-7H,8H2;2-8H,1H3;;1H4;2H2;1H/i;;;;;1+1. The maximum Gasteiger partial charge on any atom is 0 e. The average Bonchev–Trinajstić information content (AvgIpc) is 2.90. The van der Waals surface area contributed by atoms with E-state index < -0.39 is 3.25 Å². The number of alkyl halides is 5. The molecule has 0 saturated heterocycles. The molecule has 0 saturated carbocycles. The zero-order valence-corrected chi connectivity index (χ0v) is 29.7. The van der Waals surface area contributed by atoms with E-state index in [1.807, 2.05) is 43.3 Å². The number of hydrogen-bond acceptors (Lipinski definition) is 3. The van der Waals surface area contributed by atoms with Crippen LogP contribution in [0.4, 0.5) is 8.78 Å². The van der Waals surface area contributed by atoms with Crippen LogP contribution in [0.1, 0.15) is 20.0 Å². The third-order valence-corrected chi connectivity index (χ3v) is 6.66. The molecule has 2 N–H and O–H groups in total. The van der Waals surface area contributed by atoms with Crippen molar-refractivity contribution in [1.82, 2.24) is 0 Å². The van der Waals surface area contributed by atoms with Crippen molar-refractivity contribution in [2.75, 3.05) is 0 Å². The van der Waals surface area contributed by atoms with Crippen LogP contribution in [-0.2, 0) is 5.33 Å². The molecular weight excluding hydrogens is 845 g/mol. The number of halogens is 9. The van der Waals surface area contributed by atoms with Gasteiger partial charge >= 0.3 is 24.0 Å². The first-order valence-electron chi connectivity index (χ1n) is 11.1. The van der Waals surface area contributed by atoms with E-state index in [0.717, 1.165) is 43.2 Å². The molecule has 0 unspecified atom stereocenters. The van der Waals surface area contributed by atoms with Crippen molar-refractivity contribution in [3.63, 3.8) is 0 Å². The van der Waals surface area contributed by atoms with Crippen LogP contribution in [0.2, 0.25) is 0 Å². The van der Waals surface area contributed by atoms with E-state index in [-0.39, 0.29) is 20.5 Å². The second kappa shape index (κ2) is 21.7. The Morgan fingerprint density at radius 2 is 1.10 bits per heavy atom. The maximum absolute atomic E-state index is 12.7. The first-order chi connectivity index (χ1) is 19.2. The summed E-state index contributed by atoms with van der Waals surface area (Å²) in [7, 11) is 0. The maximum atomic E-state index is 12.7. The molecule has 4 aromatic rings. The van der Waals surface area contributed by atoms with Crippen LogP contribution >= 0.6 is 106 Å². The molecule has 0 heterocycles. The molecule has 3 nitrogen and oxygen atoms in total. The normalized spacial score (nSPS) is 9.67. The van der Waals surface area contributed by atoms with E-state index in [1.54, 1.807) is 24.3 Å². The Kier molecular flexibility index (Phi) is 21.2. The number of aryl methyl sites for hydroxylation is 1. The molecule has 4 rings (SSSR count). The van der Waals surface area contributed by atoms with E-state index in [0.29, 0.717) is 11.5 Å². The van der Waals surface area contributed by atoms with Crippen LogP contribution in [0.3, 0.4) is 0 Å². The SMILES string of the molecule is C.Cc1cc(Oc2ccc(F)cc2)ccc1Br.ClC(Cl)(Cl)Cl.Fc1ccc(Oc2ccc(Br)c(CBr)c2)cc1.NB=S.[2HH]. The van der Waals surface area contributed by atoms with Gasteiger partial charge in [0.05, 0.1) is 0 Å². The van der Waals surface area contributed by atoms with Crippen LogP contribution in [-0.4, -0.2) is 9.54 Å². The third-order valence-electron chi connectivity index (χ3n) is 4.39. The predicted molar refractivity (Wildman–Crippen MR) is 191 cm³/mol. The summed E-state index contributed by atoms with van der Waals surface area (Å²) in [5, 5.41) is 0.744. The molecular formula is C28H27BBr3Cl4F2NO2S. The Morgan fingerprint density at radius 3 is 1.45 bits per heavy atom. The van der Waals surface area contributed by atoms with E-state index in [4.69, 9.17) is 55.9 Å². The van der Waals surface area contributed by atoms with Gasteiger partial charge < -0.3 is 9.47 Å². The molecule has 0 fully saturated rings. The average molecular weight is 873 g/mol. The first kappa shape index (κ1) is 41.0. The van der Waals surface area contributed by atoms with Gasteiger partial charge in [-0.3, -0.25) is 0 Å². The first-order valence-corrected chi connectivity index (χ1v) is 15.8. The summed E-state index contributed by atoms with van der Waals surface area (Å²) in [4.78, 5) is 0. The Morgan fingerprint density at radius 1 is 0.762 bits per heavy atom. The topological polar surface area (TPSA) is 44.5 Å². The van der Waals surface area contributed by atoms with Crippen molar-refractivity contribution in [3.8, 4) is 23.0 Å². The van der Waals surface area contributed by atoms with Gasteiger partial charge in [-0.05, 0) is 103 Å².